The normalized spacial score (nSPS) is 11.9. The van der Waals surface area contributed by atoms with E-state index >= 15 is 0 Å². The maximum Gasteiger partial charge on any atom is 0.189 e. The Hall–Kier alpha value is -3.92. The van der Waals surface area contributed by atoms with Gasteiger partial charge in [0.25, 0.3) is 0 Å². The van der Waals surface area contributed by atoms with Crippen molar-refractivity contribution in [1.82, 2.24) is 0 Å². The molecule has 0 unspecified atom stereocenters. The number of carbonyl (C=O) groups excluding carboxylic acids is 2. The van der Waals surface area contributed by atoms with E-state index in [4.69, 9.17) is 0 Å². The number of aliphatic hydroxyl groups is 2. The van der Waals surface area contributed by atoms with Gasteiger partial charge in [-0.1, -0.05) is 84.9 Å². The number of carbonyl (C=O) groups is 2. The topological polar surface area (TPSA) is 74.6 Å². The Morgan fingerprint density at radius 1 is 0.500 bits per heavy atom. The van der Waals surface area contributed by atoms with Crippen molar-refractivity contribution in [1.29, 1.82) is 0 Å². The first-order chi connectivity index (χ1) is 13.5. The number of allylic oxidation sites excluding steroid dienone is 2. The summed E-state index contributed by atoms with van der Waals surface area (Å²) in [5, 5.41) is 20.1. The van der Waals surface area contributed by atoms with Crippen molar-refractivity contribution in [2.24, 2.45) is 0 Å². The van der Waals surface area contributed by atoms with Gasteiger partial charge in [-0.15, -0.1) is 0 Å². The molecule has 0 aliphatic carbocycles. The third-order valence-electron chi connectivity index (χ3n) is 4.13. The maximum absolute atomic E-state index is 12.3. The molecule has 0 aliphatic rings. The summed E-state index contributed by atoms with van der Waals surface area (Å²) in [4.78, 5) is 24.6. The minimum Gasteiger partial charge on any atom is -0.507 e. The first-order valence-corrected chi connectivity index (χ1v) is 8.65. The van der Waals surface area contributed by atoms with E-state index in [1.165, 1.54) is 24.3 Å². The van der Waals surface area contributed by atoms with Crippen molar-refractivity contribution in [2.45, 2.75) is 0 Å². The summed E-state index contributed by atoms with van der Waals surface area (Å²) < 4.78 is 0. The number of benzene rings is 3. The number of hydrogen-bond acceptors (Lipinski definition) is 4. The van der Waals surface area contributed by atoms with Crippen LogP contribution < -0.4 is 0 Å². The van der Waals surface area contributed by atoms with Crippen molar-refractivity contribution in [2.75, 3.05) is 0 Å². The van der Waals surface area contributed by atoms with Crippen LogP contribution in [0, 0.1) is 0 Å². The van der Waals surface area contributed by atoms with Crippen LogP contribution in [0.15, 0.2) is 97.1 Å². The zero-order chi connectivity index (χ0) is 19.9. The van der Waals surface area contributed by atoms with E-state index < -0.39 is 0 Å². The summed E-state index contributed by atoms with van der Waals surface area (Å²) in [6.45, 7) is 0. The third kappa shape index (κ3) is 4.62. The van der Waals surface area contributed by atoms with Crippen molar-refractivity contribution < 1.29 is 19.8 Å². The van der Waals surface area contributed by atoms with E-state index in [9.17, 15) is 19.8 Å². The summed E-state index contributed by atoms with van der Waals surface area (Å²) in [5.41, 5.74) is 1.78. The summed E-state index contributed by atoms with van der Waals surface area (Å²) >= 11 is 0. The fourth-order valence-corrected chi connectivity index (χ4v) is 2.60. The molecule has 0 heterocycles. The molecule has 0 amide bonds. The minimum absolute atomic E-state index is 0.124. The second-order valence-corrected chi connectivity index (χ2v) is 6.10. The van der Waals surface area contributed by atoms with Crippen LogP contribution in [-0.4, -0.2) is 21.8 Å². The van der Waals surface area contributed by atoms with Crippen LogP contribution in [0.4, 0.5) is 0 Å². The molecule has 0 radical (unpaired) electrons. The van der Waals surface area contributed by atoms with E-state index in [1.807, 2.05) is 12.1 Å². The SMILES string of the molecule is O=C(/C=C(\O)c1ccccc1)c1ccc(C(=O)/C=C(\O)c2ccccc2)cc1. The van der Waals surface area contributed by atoms with Gasteiger partial charge in [0.05, 0.1) is 0 Å². The van der Waals surface area contributed by atoms with Crippen LogP contribution in [-0.2, 0) is 0 Å². The molecule has 3 aromatic carbocycles. The molecular weight excluding hydrogens is 352 g/mol. The zero-order valence-electron chi connectivity index (χ0n) is 14.9. The largest absolute Gasteiger partial charge is 0.507 e. The van der Waals surface area contributed by atoms with E-state index in [0.717, 1.165) is 12.2 Å². The molecule has 0 bridgehead atoms. The number of ketones is 2. The molecule has 4 heteroatoms. The lowest BCUT2D eigenvalue weighted by atomic mass is 10.0. The van der Waals surface area contributed by atoms with Crippen LogP contribution in [0.5, 0.6) is 0 Å². The zero-order valence-corrected chi connectivity index (χ0v) is 14.9. The molecule has 0 atom stereocenters. The molecule has 0 spiro atoms. The second-order valence-electron chi connectivity index (χ2n) is 6.10. The molecule has 0 aromatic heterocycles. The Morgan fingerprint density at radius 2 is 0.821 bits per heavy atom. The smallest absolute Gasteiger partial charge is 0.189 e. The average Bonchev–Trinajstić information content (AvgIpc) is 2.75. The molecule has 28 heavy (non-hydrogen) atoms. The average molecular weight is 370 g/mol. The number of rotatable bonds is 6. The fraction of sp³-hybridized carbons (Fsp3) is 0. The van der Waals surface area contributed by atoms with Gasteiger partial charge in [0.1, 0.15) is 11.5 Å². The van der Waals surface area contributed by atoms with E-state index in [1.54, 1.807) is 48.5 Å². The van der Waals surface area contributed by atoms with Gasteiger partial charge in [-0.25, -0.2) is 0 Å². The predicted molar refractivity (Wildman–Crippen MR) is 109 cm³/mol. The number of aliphatic hydroxyl groups excluding tert-OH is 2. The number of hydrogen-bond donors (Lipinski definition) is 2. The monoisotopic (exact) mass is 370 g/mol. The second kappa shape index (κ2) is 8.64. The minimum atomic E-state index is -0.372. The van der Waals surface area contributed by atoms with Gasteiger partial charge in [0.15, 0.2) is 11.6 Å². The highest BCUT2D eigenvalue weighted by molar-refractivity contribution is 6.10. The lowest BCUT2D eigenvalue weighted by molar-refractivity contribution is 0.103. The molecule has 3 aromatic rings. The maximum atomic E-state index is 12.3. The molecule has 0 saturated carbocycles. The van der Waals surface area contributed by atoms with Crippen LogP contribution >= 0.6 is 0 Å². The fourth-order valence-electron chi connectivity index (χ4n) is 2.60. The molecule has 0 aliphatic heterocycles. The highest BCUT2D eigenvalue weighted by Crippen LogP contribution is 2.15. The molecule has 138 valence electrons. The molecule has 0 fully saturated rings. The molecule has 4 nitrogen and oxygen atoms in total. The predicted octanol–water partition coefficient (Wildman–Crippen LogP) is 5.25. The highest BCUT2D eigenvalue weighted by atomic mass is 16.3. The van der Waals surface area contributed by atoms with E-state index in [-0.39, 0.29) is 23.1 Å². The Bertz CT molecular complexity index is 944. The standard InChI is InChI=1S/C24H18O4/c25-21(17-7-3-1-4-8-17)15-23(27)19-11-13-20(14-12-19)24(28)16-22(26)18-9-5-2-6-10-18/h1-16,25-26H/b21-15-,22-16-. The molecule has 3 rings (SSSR count). The van der Waals surface area contributed by atoms with Crippen molar-refractivity contribution in [3.8, 4) is 0 Å². The van der Waals surface area contributed by atoms with Gasteiger partial charge in [-0.05, 0) is 0 Å². The first-order valence-electron chi connectivity index (χ1n) is 8.65. The molecular formula is C24H18O4. The quantitative estimate of drug-likeness (QED) is 0.353. The Morgan fingerprint density at radius 3 is 1.14 bits per heavy atom. The summed E-state index contributed by atoms with van der Waals surface area (Å²) in [5.74, 6) is -0.992. The Labute approximate surface area is 162 Å². The van der Waals surface area contributed by atoms with Crippen molar-refractivity contribution in [3.05, 3.63) is 119 Å². The first kappa shape index (κ1) is 18.9. The van der Waals surface area contributed by atoms with Crippen molar-refractivity contribution >= 4 is 23.1 Å². The van der Waals surface area contributed by atoms with Gasteiger partial charge < -0.3 is 10.2 Å². The summed E-state index contributed by atoms with van der Waals surface area (Å²) in [6, 6.07) is 23.6. The van der Waals surface area contributed by atoms with Crippen molar-refractivity contribution in [3.63, 3.8) is 0 Å². The van der Waals surface area contributed by atoms with Crippen LogP contribution in [0.25, 0.3) is 11.5 Å². The van der Waals surface area contributed by atoms with Gasteiger partial charge >= 0.3 is 0 Å². The Kier molecular flexibility index (Phi) is 5.82. The van der Waals surface area contributed by atoms with E-state index in [0.29, 0.717) is 22.3 Å². The van der Waals surface area contributed by atoms with Gasteiger partial charge in [-0.3, -0.25) is 9.59 Å². The van der Waals surface area contributed by atoms with Gasteiger partial charge in [0, 0.05) is 34.4 Å². The van der Waals surface area contributed by atoms with Crippen LogP contribution in [0.2, 0.25) is 0 Å². The van der Waals surface area contributed by atoms with Gasteiger partial charge in [0.2, 0.25) is 0 Å². The molecule has 0 saturated heterocycles. The molecule has 2 N–H and O–H groups in total. The van der Waals surface area contributed by atoms with Gasteiger partial charge in [-0.2, -0.15) is 0 Å². The summed E-state index contributed by atoms with van der Waals surface area (Å²) in [6.07, 6.45) is 2.29. The lowest BCUT2D eigenvalue weighted by Crippen LogP contribution is -2.00. The van der Waals surface area contributed by atoms with Crippen LogP contribution in [0.1, 0.15) is 31.8 Å². The van der Waals surface area contributed by atoms with Crippen LogP contribution in [0.3, 0.4) is 0 Å². The summed E-state index contributed by atoms with van der Waals surface area (Å²) in [7, 11) is 0. The lowest BCUT2D eigenvalue weighted by Gasteiger charge is -2.02. The van der Waals surface area contributed by atoms with E-state index in [2.05, 4.69) is 0 Å². The Balaban J connectivity index is 1.74. The highest BCUT2D eigenvalue weighted by Gasteiger charge is 2.09. The third-order valence-corrected chi connectivity index (χ3v) is 4.13.